The minimum absolute atomic E-state index is 0.0555. The normalized spacial score (nSPS) is 18.1. The van der Waals surface area contributed by atoms with Crippen LogP contribution in [0.4, 0.5) is 23.8 Å². The number of hydrogen-bond acceptors (Lipinski definition) is 4. The fourth-order valence-corrected chi connectivity index (χ4v) is 4.17. The number of amides is 3. The van der Waals surface area contributed by atoms with Gasteiger partial charge >= 0.3 is 12.2 Å². The second-order valence-electron chi connectivity index (χ2n) is 7.89. The summed E-state index contributed by atoms with van der Waals surface area (Å²) < 4.78 is 38.3. The van der Waals surface area contributed by atoms with Crippen LogP contribution in [-0.4, -0.2) is 60.6 Å². The molecule has 0 unspecified atom stereocenters. The molecule has 172 valence electrons. The molecule has 0 bridgehead atoms. The van der Waals surface area contributed by atoms with Crippen LogP contribution in [0.1, 0.15) is 44.1 Å². The minimum Gasteiger partial charge on any atom is -0.353 e. The van der Waals surface area contributed by atoms with Gasteiger partial charge in [-0.2, -0.15) is 13.2 Å². The molecule has 1 aliphatic heterocycles. The van der Waals surface area contributed by atoms with Crippen molar-refractivity contribution in [3.8, 4) is 0 Å². The molecule has 0 aromatic carbocycles. The van der Waals surface area contributed by atoms with Crippen molar-refractivity contribution in [2.24, 2.45) is 0 Å². The number of piperazine rings is 1. The molecule has 2 aliphatic rings. The van der Waals surface area contributed by atoms with Crippen LogP contribution >= 0.6 is 11.6 Å². The van der Waals surface area contributed by atoms with E-state index in [1.807, 2.05) is 0 Å². The molecule has 1 aromatic heterocycles. The molecule has 0 radical (unpaired) electrons. The second-order valence-corrected chi connectivity index (χ2v) is 8.29. The van der Waals surface area contributed by atoms with Gasteiger partial charge in [0.05, 0.1) is 10.6 Å². The third kappa shape index (κ3) is 6.62. The van der Waals surface area contributed by atoms with Gasteiger partial charge in [0, 0.05) is 51.4 Å². The summed E-state index contributed by atoms with van der Waals surface area (Å²) in [6.07, 6.45) is 2.02. The number of nitrogens with one attached hydrogen (secondary N) is 2. The maximum Gasteiger partial charge on any atom is 0.417 e. The Kier molecular flexibility index (Phi) is 7.85. The number of halogens is 4. The molecule has 7 nitrogen and oxygen atoms in total. The Labute approximate surface area is 184 Å². The van der Waals surface area contributed by atoms with Gasteiger partial charge in [-0.15, -0.1) is 0 Å². The molecule has 3 rings (SSSR count). The van der Waals surface area contributed by atoms with Crippen molar-refractivity contribution < 1.29 is 22.8 Å². The molecule has 1 aromatic rings. The number of rotatable bonds is 5. The molecule has 0 spiro atoms. The monoisotopic (exact) mass is 461 g/mol. The van der Waals surface area contributed by atoms with Crippen molar-refractivity contribution >= 4 is 29.4 Å². The van der Waals surface area contributed by atoms with E-state index in [1.165, 1.54) is 6.42 Å². The third-order valence-corrected chi connectivity index (χ3v) is 5.89. The first-order chi connectivity index (χ1) is 14.7. The fraction of sp³-hybridized carbons (Fsp3) is 0.650. The van der Waals surface area contributed by atoms with E-state index in [2.05, 4.69) is 15.6 Å². The summed E-state index contributed by atoms with van der Waals surface area (Å²) in [7, 11) is 0. The smallest absolute Gasteiger partial charge is 0.353 e. The van der Waals surface area contributed by atoms with Crippen molar-refractivity contribution in [3.05, 3.63) is 22.8 Å². The molecule has 1 aliphatic carbocycles. The van der Waals surface area contributed by atoms with Crippen LogP contribution in [0.5, 0.6) is 0 Å². The number of carbonyl (C=O) groups excluding carboxylic acids is 2. The van der Waals surface area contributed by atoms with Gasteiger partial charge in [-0.3, -0.25) is 4.79 Å². The fourth-order valence-electron chi connectivity index (χ4n) is 3.88. The van der Waals surface area contributed by atoms with E-state index >= 15 is 0 Å². The standard InChI is InChI=1S/C20H27ClF3N5O2/c21-16-12-14(20(22,23)24)13-26-18(16)28-8-10-29(11-9-28)19(31)25-7-6-17(30)27-15-4-2-1-3-5-15/h12-13,15H,1-11H2,(H,25,31)(H,27,30). The van der Waals surface area contributed by atoms with Crippen molar-refractivity contribution in [2.45, 2.75) is 50.7 Å². The molecular weight excluding hydrogens is 435 g/mol. The highest BCUT2D eigenvalue weighted by molar-refractivity contribution is 6.33. The van der Waals surface area contributed by atoms with Crippen molar-refractivity contribution in [2.75, 3.05) is 37.6 Å². The van der Waals surface area contributed by atoms with E-state index in [0.717, 1.165) is 37.9 Å². The highest BCUT2D eigenvalue weighted by Gasteiger charge is 2.32. The van der Waals surface area contributed by atoms with Gasteiger partial charge in [-0.25, -0.2) is 9.78 Å². The Balaban J connectivity index is 1.40. The summed E-state index contributed by atoms with van der Waals surface area (Å²) in [5, 5.41) is 5.69. The van der Waals surface area contributed by atoms with Crippen LogP contribution in [0.3, 0.4) is 0 Å². The summed E-state index contributed by atoms with van der Waals surface area (Å²) >= 11 is 6.00. The zero-order chi connectivity index (χ0) is 22.4. The Bertz CT molecular complexity index is 779. The lowest BCUT2D eigenvalue weighted by atomic mass is 9.95. The molecule has 31 heavy (non-hydrogen) atoms. The molecule has 1 saturated heterocycles. The zero-order valence-corrected chi connectivity index (χ0v) is 17.9. The number of hydrogen-bond donors (Lipinski definition) is 2. The molecule has 2 fully saturated rings. The lowest BCUT2D eigenvalue weighted by Gasteiger charge is -2.35. The topological polar surface area (TPSA) is 77.6 Å². The molecule has 1 saturated carbocycles. The number of pyridine rings is 1. The SMILES string of the molecule is O=C(CCNC(=O)N1CCN(c2ncc(C(F)(F)F)cc2Cl)CC1)NC1CCCCC1. The predicted octanol–water partition coefficient (Wildman–Crippen LogP) is 3.42. The van der Waals surface area contributed by atoms with Crippen molar-refractivity contribution in [3.63, 3.8) is 0 Å². The minimum atomic E-state index is -4.50. The van der Waals surface area contributed by atoms with Gasteiger partial charge in [0.2, 0.25) is 5.91 Å². The van der Waals surface area contributed by atoms with Gasteiger partial charge in [0.15, 0.2) is 0 Å². The number of aromatic nitrogens is 1. The quantitative estimate of drug-likeness (QED) is 0.704. The molecule has 0 atom stereocenters. The van der Waals surface area contributed by atoms with Crippen molar-refractivity contribution in [1.29, 1.82) is 0 Å². The number of nitrogens with zero attached hydrogens (tertiary/aromatic N) is 3. The van der Waals surface area contributed by atoms with Crippen LogP contribution in [-0.2, 0) is 11.0 Å². The number of anilines is 1. The molecular formula is C20H27ClF3N5O2. The Morgan fingerprint density at radius 2 is 1.81 bits per heavy atom. The molecule has 3 amide bonds. The lowest BCUT2D eigenvalue weighted by Crippen LogP contribution is -2.52. The highest BCUT2D eigenvalue weighted by Crippen LogP contribution is 2.33. The van der Waals surface area contributed by atoms with E-state index in [0.29, 0.717) is 26.2 Å². The first kappa shape index (κ1) is 23.4. The largest absolute Gasteiger partial charge is 0.417 e. The summed E-state index contributed by atoms with van der Waals surface area (Å²) in [6, 6.07) is 0.841. The van der Waals surface area contributed by atoms with Crippen LogP contribution in [0, 0.1) is 0 Å². The Morgan fingerprint density at radius 3 is 2.42 bits per heavy atom. The van der Waals surface area contributed by atoms with Gasteiger partial charge < -0.3 is 20.4 Å². The highest BCUT2D eigenvalue weighted by atomic mass is 35.5. The van der Waals surface area contributed by atoms with Gasteiger partial charge in [-0.1, -0.05) is 30.9 Å². The molecule has 2 heterocycles. The van der Waals surface area contributed by atoms with Gasteiger partial charge in [0.25, 0.3) is 0 Å². The average molecular weight is 462 g/mol. The maximum absolute atomic E-state index is 12.8. The van der Waals surface area contributed by atoms with E-state index in [1.54, 1.807) is 9.80 Å². The predicted molar refractivity (Wildman–Crippen MR) is 111 cm³/mol. The first-order valence-corrected chi connectivity index (χ1v) is 10.9. The number of carbonyl (C=O) groups is 2. The van der Waals surface area contributed by atoms with Crippen LogP contribution in [0.2, 0.25) is 5.02 Å². The van der Waals surface area contributed by atoms with E-state index in [4.69, 9.17) is 11.6 Å². The van der Waals surface area contributed by atoms with Crippen LogP contribution < -0.4 is 15.5 Å². The molecule has 2 N–H and O–H groups in total. The van der Waals surface area contributed by atoms with Gasteiger partial charge in [0.1, 0.15) is 5.82 Å². The van der Waals surface area contributed by atoms with E-state index in [9.17, 15) is 22.8 Å². The summed E-state index contributed by atoms with van der Waals surface area (Å²) in [4.78, 5) is 31.6. The second kappa shape index (κ2) is 10.4. The zero-order valence-electron chi connectivity index (χ0n) is 17.2. The third-order valence-electron chi connectivity index (χ3n) is 5.61. The maximum atomic E-state index is 12.8. The molecule has 11 heteroatoms. The number of urea groups is 1. The van der Waals surface area contributed by atoms with E-state index in [-0.39, 0.29) is 41.8 Å². The summed E-state index contributed by atoms with van der Waals surface area (Å²) in [6.45, 7) is 1.80. The Morgan fingerprint density at radius 1 is 1.13 bits per heavy atom. The average Bonchev–Trinajstić information content (AvgIpc) is 2.74. The Hall–Kier alpha value is -2.23. The van der Waals surface area contributed by atoms with E-state index < -0.39 is 11.7 Å². The summed E-state index contributed by atoms with van der Waals surface area (Å²) in [5.41, 5.74) is -0.896. The van der Waals surface area contributed by atoms with Crippen molar-refractivity contribution in [1.82, 2.24) is 20.5 Å². The van der Waals surface area contributed by atoms with Crippen LogP contribution in [0.15, 0.2) is 12.3 Å². The lowest BCUT2D eigenvalue weighted by molar-refractivity contribution is -0.137. The first-order valence-electron chi connectivity index (χ1n) is 10.5. The summed E-state index contributed by atoms with van der Waals surface area (Å²) in [5.74, 6) is 0.217. The number of alkyl halides is 3. The van der Waals surface area contributed by atoms with Gasteiger partial charge in [-0.05, 0) is 18.9 Å². The van der Waals surface area contributed by atoms with Crippen LogP contribution in [0.25, 0.3) is 0 Å².